The summed E-state index contributed by atoms with van der Waals surface area (Å²) in [6.45, 7) is 0. The lowest BCUT2D eigenvalue weighted by atomic mass is 9.88. The number of carbonyl (C=O) groups is 1. The summed E-state index contributed by atoms with van der Waals surface area (Å²) in [5, 5.41) is 3.00. The molecule has 27 heavy (non-hydrogen) atoms. The van der Waals surface area contributed by atoms with Crippen LogP contribution < -0.4 is 9.62 Å². The summed E-state index contributed by atoms with van der Waals surface area (Å²) in [6, 6.07) is 15.3. The van der Waals surface area contributed by atoms with E-state index in [1.165, 1.54) is 17.8 Å². The van der Waals surface area contributed by atoms with Gasteiger partial charge in [-0.15, -0.1) is 0 Å². The number of amides is 1. The molecule has 1 amide bonds. The maximum Gasteiger partial charge on any atom is 0.232 e. The molecule has 2 aromatic carbocycles. The maximum atomic E-state index is 12.8. The second-order valence-corrected chi connectivity index (χ2v) is 9.17. The van der Waals surface area contributed by atoms with Gasteiger partial charge in [0.1, 0.15) is 0 Å². The van der Waals surface area contributed by atoms with E-state index in [1.807, 2.05) is 42.5 Å². The molecule has 1 N–H and O–H groups in total. The molecule has 0 unspecified atom stereocenters. The molecule has 0 radical (unpaired) electrons. The van der Waals surface area contributed by atoms with E-state index in [9.17, 15) is 13.2 Å². The van der Waals surface area contributed by atoms with Crippen molar-refractivity contribution in [1.29, 1.82) is 0 Å². The molecule has 0 atom stereocenters. The van der Waals surface area contributed by atoms with Gasteiger partial charge in [-0.1, -0.05) is 55.7 Å². The summed E-state index contributed by atoms with van der Waals surface area (Å²) < 4.78 is 25.3. The van der Waals surface area contributed by atoms with E-state index in [4.69, 9.17) is 0 Å². The monoisotopic (exact) mass is 386 g/mol. The fraction of sp³-hybridized carbons (Fsp3) is 0.381. The predicted molar refractivity (Wildman–Crippen MR) is 110 cm³/mol. The average molecular weight is 387 g/mol. The Bertz CT molecular complexity index is 904. The normalized spacial score (nSPS) is 15.3. The zero-order valence-corrected chi connectivity index (χ0v) is 16.6. The SMILES string of the molecule is CN(c1ccc(-c2ccccc2)cc1NC(=O)C1CCCCC1)S(C)(=O)=O. The molecule has 1 aliphatic rings. The molecular weight excluding hydrogens is 360 g/mol. The maximum absolute atomic E-state index is 12.8. The zero-order valence-electron chi connectivity index (χ0n) is 15.8. The number of nitrogens with one attached hydrogen (secondary N) is 1. The lowest BCUT2D eigenvalue weighted by Gasteiger charge is -2.24. The second-order valence-electron chi connectivity index (χ2n) is 7.15. The van der Waals surface area contributed by atoms with E-state index in [0.717, 1.165) is 43.1 Å². The molecule has 0 bridgehead atoms. The summed E-state index contributed by atoms with van der Waals surface area (Å²) in [5.41, 5.74) is 2.95. The number of benzene rings is 2. The van der Waals surface area contributed by atoms with Crippen molar-refractivity contribution in [3.05, 3.63) is 48.5 Å². The number of rotatable bonds is 5. The van der Waals surface area contributed by atoms with Gasteiger partial charge in [-0.25, -0.2) is 8.42 Å². The summed E-state index contributed by atoms with van der Waals surface area (Å²) in [6.07, 6.45) is 6.25. The molecule has 144 valence electrons. The predicted octanol–water partition coefficient (Wildman–Crippen LogP) is 4.27. The van der Waals surface area contributed by atoms with Crippen LogP contribution in [0.5, 0.6) is 0 Å². The van der Waals surface area contributed by atoms with Gasteiger partial charge >= 0.3 is 0 Å². The molecule has 2 aromatic rings. The molecule has 3 rings (SSSR count). The molecule has 5 nitrogen and oxygen atoms in total. The van der Waals surface area contributed by atoms with Gasteiger partial charge in [-0.3, -0.25) is 9.10 Å². The van der Waals surface area contributed by atoms with Crippen molar-refractivity contribution in [2.45, 2.75) is 32.1 Å². The van der Waals surface area contributed by atoms with Crippen LogP contribution in [0.25, 0.3) is 11.1 Å². The Morgan fingerprint density at radius 1 is 1.00 bits per heavy atom. The first-order valence-electron chi connectivity index (χ1n) is 9.30. The number of nitrogens with zero attached hydrogens (tertiary/aromatic N) is 1. The number of hydrogen-bond donors (Lipinski definition) is 1. The van der Waals surface area contributed by atoms with Crippen molar-refractivity contribution in [3.63, 3.8) is 0 Å². The molecule has 0 saturated heterocycles. The summed E-state index contributed by atoms with van der Waals surface area (Å²) in [5.74, 6) is -0.0291. The molecule has 0 aromatic heterocycles. The third-order valence-electron chi connectivity index (χ3n) is 5.17. The first kappa shape index (κ1) is 19.4. The molecule has 1 aliphatic carbocycles. The standard InChI is InChI=1S/C21H26N2O3S/c1-23(27(2,25)26)20-14-13-18(16-9-5-3-6-10-16)15-19(20)22-21(24)17-11-7-4-8-12-17/h3,5-6,9-10,13-15,17H,4,7-8,11-12H2,1-2H3,(H,22,24). The van der Waals surface area contributed by atoms with Crippen LogP contribution in [0.2, 0.25) is 0 Å². The Morgan fingerprint density at radius 3 is 2.30 bits per heavy atom. The van der Waals surface area contributed by atoms with Crippen LogP contribution in [0.1, 0.15) is 32.1 Å². The molecule has 1 saturated carbocycles. The smallest absolute Gasteiger partial charge is 0.232 e. The minimum absolute atomic E-state index is 0.00415. The first-order valence-corrected chi connectivity index (χ1v) is 11.2. The Kier molecular flexibility index (Phi) is 5.85. The Labute approximate surface area is 161 Å². The van der Waals surface area contributed by atoms with Crippen LogP contribution in [0.4, 0.5) is 11.4 Å². The highest BCUT2D eigenvalue weighted by molar-refractivity contribution is 7.92. The van der Waals surface area contributed by atoms with E-state index in [-0.39, 0.29) is 11.8 Å². The van der Waals surface area contributed by atoms with Crippen LogP contribution in [0.3, 0.4) is 0 Å². The van der Waals surface area contributed by atoms with E-state index in [2.05, 4.69) is 5.32 Å². The lowest BCUT2D eigenvalue weighted by molar-refractivity contribution is -0.120. The molecular formula is C21H26N2O3S. The van der Waals surface area contributed by atoms with Gasteiger partial charge in [0, 0.05) is 13.0 Å². The van der Waals surface area contributed by atoms with Crippen molar-refractivity contribution in [2.75, 3.05) is 22.9 Å². The minimum atomic E-state index is -3.43. The average Bonchev–Trinajstić information content (AvgIpc) is 2.68. The summed E-state index contributed by atoms with van der Waals surface area (Å²) >= 11 is 0. The van der Waals surface area contributed by atoms with Crippen molar-refractivity contribution in [1.82, 2.24) is 0 Å². The fourth-order valence-electron chi connectivity index (χ4n) is 3.50. The number of carbonyl (C=O) groups excluding carboxylic acids is 1. The third kappa shape index (κ3) is 4.69. The van der Waals surface area contributed by atoms with Crippen molar-refractivity contribution >= 4 is 27.3 Å². The van der Waals surface area contributed by atoms with Gasteiger partial charge in [-0.05, 0) is 36.1 Å². The second kappa shape index (κ2) is 8.13. The van der Waals surface area contributed by atoms with Gasteiger partial charge in [-0.2, -0.15) is 0 Å². The summed E-state index contributed by atoms with van der Waals surface area (Å²) in [7, 11) is -1.93. The Morgan fingerprint density at radius 2 is 1.67 bits per heavy atom. The molecule has 0 spiro atoms. The van der Waals surface area contributed by atoms with Crippen LogP contribution >= 0.6 is 0 Å². The Balaban J connectivity index is 1.97. The van der Waals surface area contributed by atoms with Crippen molar-refractivity contribution < 1.29 is 13.2 Å². The van der Waals surface area contributed by atoms with Gasteiger partial charge in [0.2, 0.25) is 15.9 Å². The summed E-state index contributed by atoms with van der Waals surface area (Å²) in [4.78, 5) is 12.8. The topological polar surface area (TPSA) is 66.5 Å². The number of hydrogen-bond acceptors (Lipinski definition) is 3. The van der Waals surface area contributed by atoms with E-state index >= 15 is 0 Å². The first-order chi connectivity index (χ1) is 12.9. The molecule has 1 fully saturated rings. The van der Waals surface area contributed by atoms with Crippen LogP contribution in [0.15, 0.2) is 48.5 Å². The quantitative estimate of drug-likeness (QED) is 0.834. The molecule has 0 aliphatic heterocycles. The minimum Gasteiger partial charge on any atom is -0.324 e. The van der Waals surface area contributed by atoms with Gasteiger partial charge in [0.25, 0.3) is 0 Å². The zero-order chi connectivity index (χ0) is 19.4. The third-order valence-corrected chi connectivity index (χ3v) is 6.37. The van der Waals surface area contributed by atoms with Crippen LogP contribution in [-0.4, -0.2) is 27.6 Å². The van der Waals surface area contributed by atoms with Gasteiger partial charge in [0.15, 0.2) is 0 Å². The Hall–Kier alpha value is -2.34. The molecule has 0 heterocycles. The fourth-order valence-corrected chi connectivity index (χ4v) is 4.02. The van der Waals surface area contributed by atoms with Crippen LogP contribution in [0, 0.1) is 5.92 Å². The van der Waals surface area contributed by atoms with E-state index < -0.39 is 10.0 Å². The van der Waals surface area contributed by atoms with Gasteiger partial charge < -0.3 is 5.32 Å². The highest BCUT2D eigenvalue weighted by Gasteiger charge is 2.23. The van der Waals surface area contributed by atoms with Crippen molar-refractivity contribution in [3.8, 4) is 11.1 Å². The van der Waals surface area contributed by atoms with Gasteiger partial charge in [0.05, 0.1) is 17.6 Å². The number of sulfonamides is 1. The highest BCUT2D eigenvalue weighted by atomic mass is 32.2. The van der Waals surface area contributed by atoms with Crippen molar-refractivity contribution in [2.24, 2.45) is 5.92 Å². The lowest BCUT2D eigenvalue weighted by Crippen LogP contribution is -2.28. The van der Waals surface area contributed by atoms with Crippen LogP contribution in [-0.2, 0) is 14.8 Å². The van der Waals surface area contributed by atoms with E-state index in [0.29, 0.717) is 11.4 Å². The highest BCUT2D eigenvalue weighted by Crippen LogP contribution is 2.33. The molecule has 6 heteroatoms. The van der Waals surface area contributed by atoms with E-state index in [1.54, 1.807) is 6.07 Å². The number of anilines is 2. The largest absolute Gasteiger partial charge is 0.324 e.